The first-order valence-corrected chi connectivity index (χ1v) is 9.14. The lowest BCUT2D eigenvalue weighted by molar-refractivity contribution is -0.159. The number of hydrogen-bond acceptors (Lipinski definition) is 5. The van der Waals surface area contributed by atoms with Crippen LogP contribution in [-0.4, -0.2) is 54.9 Å². The van der Waals surface area contributed by atoms with E-state index in [1.165, 1.54) is 6.07 Å². The summed E-state index contributed by atoms with van der Waals surface area (Å²) in [5.41, 5.74) is 6.93. The van der Waals surface area contributed by atoms with Gasteiger partial charge in [0.15, 0.2) is 6.10 Å². The van der Waals surface area contributed by atoms with Gasteiger partial charge in [0.25, 0.3) is 5.91 Å². The molecule has 138 valence electrons. The molecule has 1 amide bonds. The van der Waals surface area contributed by atoms with Crippen LogP contribution in [0, 0.1) is 5.92 Å². The maximum atomic E-state index is 12.5. The van der Waals surface area contributed by atoms with Gasteiger partial charge < -0.3 is 25.2 Å². The second-order valence-electron chi connectivity index (χ2n) is 6.45. The highest BCUT2D eigenvalue weighted by Crippen LogP contribution is 2.37. The largest absolute Gasteiger partial charge is 0.508 e. The molecule has 0 unspecified atom stereocenters. The van der Waals surface area contributed by atoms with Crippen molar-refractivity contribution in [1.29, 1.82) is 0 Å². The maximum absolute atomic E-state index is 12.5. The summed E-state index contributed by atoms with van der Waals surface area (Å²) in [7, 11) is 0. The molecule has 0 spiro atoms. The molecule has 2 heterocycles. The van der Waals surface area contributed by atoms with Gasteiger partial charge in [0.1, 0.15) is 5.75 Å². The molecular formula is C17H22Cl2N2O4. The number of ether oxygens (including phenoxy) is 2. The molecule has 0 saturated carbocycles. The first-order valence-electron chi connectivity index (χ1n) is 8.39. The van der Waals surface area contributed by atoms with E-state index in [1.54, 1.807) is 11.0 Å². The Morgan fingerprint density at radius 2 is 1.92 bits per heavy atom. The number of halogens is 2. The quantitative estimate of drug-likeness (QED) is 0.829. The minimum atomic E-state index is -0.502. The summed E-state index contributed by atoms with van der Waals surface area (Å²) in [6.45, 7) is 2.52. The van der Waals surface area contributed by atoms with Gasteiger partial charge in [-0.3, -0.25) is 4.79 Å². The van der Waals surface area contributed by atoms with E-state index in [-0.39, 0.29) is 23.6 Å². The fraction of sp³-hybridized carbons (Fsp3) is 0.588. The Labute approximate surface area is 156 Å². The van der Waals surface area contributed by atoms with E-state index in [0.717, 1.165) is 12.8 Å². The molecular weight excluding hydrogens is 367 g/mol. The van der Waals surface area contributed by atoms with Crippen LogP contribution in [0.1, 0.15) is 24.4 Å². The van der Waals surface area contributed by atoms with Gasteiger partial charge in [0.05, 0.1) is 29.9 Å². The van der Waals surface area contributed by atoms with Crippen molar-refractivity contribution < 1.29 is 19.4 Å². The Morgan fingerprint density at radius 1 is 1.24 bits per heavy atom. The first kappa shape index (κ1) is 18.7. The number of aromatic hydroxyl groups is 1. The first-order chi connectivity index (χ1) is 12.0. The van der Waals surface area contributed by atoms with E-state index in [4.69, 9.17) is 38.4 Å². The lowest BCUT2D eigenvalue weighted by atomic mass is 9.85. The third-order valence-electron chi connectivity index (χ3n) is 4.88. The number of phenols is 1. The minimum absolute atomic E-state index is 0.0240. The molecule has 0 bridgehead atoms. The van der Waals surface area contributed by atoms with E-state index < -0.39 is 6.10 Å². The number of phenolic OH excluding ortho intramolecular Hbond substituents is 1. The van der Waals surface area contributed by atoms with Crippen LogP contribution < -0.4 is 5.73 Å². The third-order valence-corrected chi connectivity index (χ3v) is 5.60. The highest BCUT2D eigenvalue weighted by atomic mass is 35.5. The molecule has 8 heteroatoms. The number of likely N-dealkylation sites (tertiary alicyclic amines) is 1. The Morgan fingerprint density at radius 3 is 2.56 bits per heavy atom. The van der Waals surface area contributed by atoms with Crippen LogP contribution in [0.25, 0.3) is 0 Å². The summed E-state index contributed by atoms with van der Waals surface area (Å²) in [6, 6.07) is 2.67. The van der Waals surface area contributed by atoms with Crippen molar-refractivity contribution >= 4 is 29.1 Å². The predicted octanol–water partition coefficient (Wildman–Crippen LogP) is 2.35. The van der Waals surface area contributed by atoms with E-state index in [1.807, 2.05) is 0 Å². The van der Waals surface area contributed by atoms with Crippen LogP contribution >= 0.6 is 23.2 Å². The van der Waals surface area contributed by atoms with Gasteiger partial charge in [0.2, 0.25) is 0 Å². The Hall–Kier alpha value is -1.05. The van der Waals surface area contributed by atoms with Crippen LogP contribution in [0.4, 0.5) is 0 Å². The maximum Gasteiger partial charge on any atom is 0.254 e. The lowest BCUT2D eigenvalue weighted by Crippen LogP contribution is -2.48. The van der Waals surface area contributed by atoms with E-state index in [0.29, 0.717) is 48.5 Å². The summed E-state index contributed by atoms with van der Waals surface area (Å²) in [5, 5.41) is 10.8. The van der Waals surface area contributed by atoms with Crippen molar-refractivity contribution in [2.24, 2.45) is 11.7 Å². The van der Waals surface area contributed by atoms with Crippen LogP contribution in [0.15, 0.2) is 12.1 Å². The molecule has 6 nitrogen and oxygen atoms in total. The zero-order valence-corrected chi connectivity index (χ0v) is 15.3. The van der Waals surface area contributed by atoms with Crippen molar-refractivity contribution in [3.8, 4) is 5.75 Å². The topological polar surface area (TPSA) is 85.0 Å². The van der Waals surface area contributed by atoms with E-state index >= 15 is 0 Å². The Bertz CT molecular complexity index is 629. The summed E-state index contributed by atoms with van der Waals surface area (Å²) >= 11 is 11.9. The zero-order chi connectivity index (χ0) is 18.0. The number of benzene rings is 1. The third kappa shape index (κ3) is 4.20. The molecule has 2 aliphatic heterocycles. The molecule has 3 rings (SSSR count). The Kier molecular flexibility index (Phi) is 6.07. The molecule has 0 aliphatic carbocycles. The van der Waals surface area contributed by atoms with Crippen LogP contribution in [-0.2, 0) is 14.3 Å². The number of nitrogens with two attached hydrogens (primary N) is 1. The van der Waals surface area contributed by atoms with Gasteiger partial charge in [-0.05, 0) is 24.8 Å². The van der Waals surface area contributed by atoms with Gasteiger partial charge in [-0.1, -0.05) is 23.2 Å². The second kappa shape index (κ2) is 8.10. The number of rotatable bonds is 3. The molecule has 3 N–H and O–H groups in total. The number of piperidine rings is 1. The van der Waals surface area contributed by atoms with Crippen molar-refractivity contribution in [3.63, 3.8) is 0 Å². The molecule has 0 aromatic heterocycles. The zero-order valence-electron chi connectivity index (χ0n) is 13.8. The van der Waals surface area contributed by atoms with Gasteiger partial charge in [0, 0.05) is 30.8 Å². The van der Waals surface area contributed by atoms with Gasteiger partial charge in [-0.15, -0.1) is 0 Å². The van der Waals surface area contributed by atoms with Crippen molar-refractivity contribution in [3.05, 3.63) is 27.7 Å². The normalized spacial score (nSPS) is 23.5. The molecule has 1 aromatic carbocycles. The average Bonchev–Trinajstić information content (AvgIpc) is 2.64. The standard InChI is InChI=1S/C17H22Cl2N2O4/c18-12-7-11(14(22)8-13(12)19)16(20)10-1-3-21(4-2-10)17(23)15-9-24-5-6-25-15/h7-8,10,15-16,22H,1-6,9,20H2/t15-,16-/m1/s1. The molecule has 0 radical (unpaired) electrons. The molecule has 2 aliphatic rings. The molecule has 2 saturated heterocycles. The van der Waals surface area contributed by atoms with Gasteiger partial charge in [-0.2, -0.15) is 0 Å². The Balaban J connectivity index is 1.60. The number of carbonyl (C=O) groups excluding carboxylic acids is 1. The minimum Gasteiger partial charge on any atom is -0.508 e. The van der Waals surface area contributed by atoms with Crippen molar-refractivity contribution in [2.45, 2.75) is 25.0 Å². The fourth-order valence-electron chi connectivity index (χ4n) is 3.39. The second-order valence-corrected chi connectivity index (χ2v) is 7.26. The van der Waals surface area contributed by atoms with E-state index in [2.05, 4.69) is 0 Å². The molecule has 2 atom stereocenters. The summed E-state index contributed by atoms with van der Waals surface area (Å²) in [5.74, 6) is 0.174. The monoisotopic (exact) mass is 388 g/mol. The lowest BCUT2D eigenvalue weighted by Gasteiger charge is -2.37. The van der Waals surface area contributed by atoms with Crippen LogP contribution in [0.3, 0.4) is 0 Å². The van der Waals surface area contributed by atoms with Crippen molar-refractivity contribution in [1.82, 2.24) is 4.90 Å². The fourth-order valence-corrected chi connectivity index (χ4v) is 3.72. The summed E-state index contributed by atoms with van der Waals surface area (Å²) in [4.78, 5) is 14.3. The number of amides is 1. The summed E-state index contributed by atoms with van der Waals surface area (Å²) in [6.07, 6.45) is 0.999. The number of carbonyl (C=O) groups is 1. The van der Waals surface area contributed by atoms with Crippen LogP contribution in [0.2, 0.25) is 10.0 Å². The summed E-state index contributed by atoms with van der Waals surface area (Å²) < 4.78 is 10.8. The van der Waals surface area contributed by atoms with E-state index in [9.17, 15) is 9.90 Å². The number of nitrogens with zero attached hydrogens (tertiary/aromatic N) is 1. The molecule has 25 heavy (non-hydrogen) atoms. The van der Waals surface area contributed by atoms with Crippen molar-refractivity contribution in [2.75, 3.05) is 32.9 Å². The predicted molar refractivity (Wildman–Crippen MR) is 94.9 cm³/mol. The van der Waals surface area contributed by atoms with Gasteiger partial charge >= 0.3 is 0 Å². The van der Waals surface area contributed by atoms with Gasteiger partial charge in [-0.25, -0.2) is 0 Å². The average molecular weight is 389 g/mol. The molecule has 1 aromatic rings. The smallest absolute Gasteiger partial charge is 0.254 e. The SMILES string of the molecule is N[C@@H](c1cc(Cl)c(Cl)cc1O)C1CCN(C(=O)[C@H]2COCCO2)CC1. The molecule has 2 fully saturated rings. The highest BCUT2D eigenvalue weighted by Gasteiger charge is 2.33. The van der Waals surface area contributed by atoms with Crippen LogP contribution in [0.5, 0.6) is 5.75 Å². The number of hydrogen-bond donors (Lipinski definition) is 2. The highest BCUT2D eigenvalue weighted by molar-refractivity contribution is 6.42.